The minimum atomic E-state index is 0.301. The summed E-state index contributed by atoms with van der Waals surface area (Å²) in [5.41, 5.74) is 7.06. The summed E-state index contributed by atoms with van der Waals surface area (Å²) < 4.78 is 0. The first-order valence-corrected chi connectivity index (χ1v) is 7.85. The number of nitrogens with two attached hydrogens (primary N) is 1. The van der Waals surface area contributed by atoms with Gasteiger partial charge in [-0.25, -0.2) is 0 Å². The van der Waals surface area contributed by atoms with Gasteiger partial charge in [0.15, 0.2) is 0 Å². The van der Waals surface area contributed by atoms with E-state index in [1.165, 1.54) is 45.2 Å². The maximum Gasteiger partial charge on any atom is 0.0357 e. The molecule has 2 rings (SSSR count). The fourth-order valence-electron chi connectivity index (χ4n) is 4.28. The van der Waals surface area contributed by atoms with Crippen molar-refractivity contribution in [1.82, 2.24) is 4.90 Å². The van der Waals surface area contributed by atoms with E-state index in [2.05, 4.69) is 32.6 Å². The summed E-state index contributed by atoms with van der Waals surface area (Å²) in [6, 6.07) is 0. The maximum atomic E-state index is 6.24. The van der Waals surface area contributed by atoms with Crippen molar-refractivity contribution in [2.24, 2.45) is 23.0 Å². The number of likely N-dealkylation sites (tertiary alicyclic amines) is 1. The second-order valence-electron chi connectivity index (χ2n) is 7.75. The van der Waals surface area contributed by atoms with Crippen LogP contribution in [0.1, 0.15) is 59.8 Å². The maximum absolute atomic E-state index is 6.24. The van der Waals surface area contributed by atoms with Crippen molar-refractivity contribution in [2.45, 2.75) is 65.3 Å². The van der Waals surface area contributed by atoms with E-state index in [9.17, 15) is 0 Å². The molecule has 1 saturated heterocycles. The summed E-state index contributed by atoms with van der Waals surface area (Å²) in [6.07, 6.45) is 6.68. The van der Waals surface area contributed by atoms with Crippen LogP contribution < -0.4 is 5.73 Å². The monoisotopic (exact) mass is 252 g/mol. The predicted molar refractivity (Wildman–Crippen MR) is 78.6 cm³/mol. The molecule has 0 aromatic heterocycles. The molecule has 1 saturated carbocycles. The number of hydrogen-bond acceptors (Lipinski definition) is 2. The van der Waals surface area contributed by atoms with E-state index in [1.54, 1.807) is 0 Å². The third-order valence-electron chi connectivity index (χ3n) is 5.78. The Bertz CT molecular complexity index is 279. The molecule has 106 valence electrons. The summed E-state index contributed by atoms with van der Waals surface area (Å²) in [4.78, 5) is 2.74. The Labute approximate surface area is 113 Å². The van der Waals surface area contributed by atoms with Crippen LogP contribution in [0, 0.1) is 17.3 Å². The smallest absolute Gasteiger partial charge is 0.0357 e. The molecular formula is C16H32N2. The highest BCUT2D eigenvalue weighted by molar-refractivity contribution is 5.02. The van der Waals surface area contributed by atoms with E-state index in [0.29, 0.717) is 11.0 Å². The van der Waals surface area contributed by atoms with Crippen LogP contribution >= 0.6 is 0 Å². The average Bonchev–Trinajstić information content (AvgIpc) is 2.31. The minimum absolute atomic E-state index is 0.301. The molecule has 0 aromatic carbocycles. The molecule has 2 unspecified atom stereocenters. The van der Waals surface area contributed by atoms with E-state index in [4.69, 9.17) is 5.73 Å². The molecule has 0 amide bonds. The fraction of sp³-hybridized carbons (Fsp3) is 1.00. The van der Waals surface area contributed by atoms with Crippen LogP contribution in [0.25, 0.3) is 0 Å². The Morgan fingerprint density at radius 1 is 1.11 bits per heavy atom. The number of rotatable bonds is 2. The summed E-state index contributed by atoms with van der Waals surface area (Å²) in [5.74, 6) is 1.64. The quantitative estimate of drug-likeness (QED) is 0.817. The van der Waals surface area contributed by atoms with Gasteiger partial charge >= 0.3 is 0 Å². The summed E-state index contributed by atoms with van der Waals surface area (Å²) >= 11 is 0. The average molecular weight is 252 g/mol. The Morgan fingerprint density at radius 2 is 1.72 bits per heavy atom. The molecule has 1 aliphatic carbocycles. The van der Waals surface area contributed by atoms with Crippen LogP contribution in [-0.2, 0) is 0 Å². The van der Waals surface area contributed by atoms with Gasteiger partial charge in [0.1, 0.15) is 0 Å². The van der Waals surface area contributed by atoms with Gasteiger partial charge in [0.05, 0.1) is 0 Å². The van der Waals surface area contributed by atoms with E-state index in [1.807, 2.05) is 0 Å². The largest absolute Gasteiger partial charge is 0.329 e. The zero-order valence-electron chi connectivity index (χ0n) is 12.8. The molecule has 0 bridgehead atoms. The van der Waals surface area contributed by atoms with Gasteiger partial charge < -0.3 is 5.73 Å². The SMILES string of the molecule is CC1CCN(C2(CN)CCC(C)(C)CC2C)CC1. The van der Waals surface area contributed by atoms with Crippen LogP contribution in [0.5, 0.6) is 0 Å². The first kappa shape index (κ1) is 14.3. The predicted octanol–water partition coefficient (Wildman–Crippen LogP) is 3.26. The Kier molecular flexibility index (Phi) is 4.08. The van der Waals surface area contributed by atoms with Gasteiger partial charge in [-0.1, -0.05) is 27.7 Å². The molecule has 0 aromatic rings. The van der Waals surface area contributed by atoms with Gasteiger partial charge in [0, 0.05) is 12.1 Å². The third kappa shape index (κ3) is 2.60. The zero-order chi connectivity index (χ0) is 13.4. The van der Waals surface area contributed by atoms with Crippen LogP contribution in [0.3, 0.4) is 0 Å². The molecule has 18 heavy (non-hydrogen) atoms. The molecule has 2 heteroatoms. The summed E-state index contributed by atoms with van der Waals surface area (Å²) in [6.45, 7) is 13.0. The third-order valence-corrected chi connectivity index (χ3v) is 5.78. The van der Waals surface area contributed by atoms with Crippen molar-refractivity contribution in [3.05, 3.63) is 0 Å². The highest BCUT2D eigenvalue weighted by atomic mass is 15.2. The van der Waals surface area contributed by atoms with Gasteiger partial charge in [-0.15, -0.1) is 0 Å². The van der Waals surface area contributed by atoms with Crippen LogP contribution in [0.4, 0.5) is 0 Å². The van der Waals surface area contributed by atoms with Gasteiger partial charge in [-0.2, -0.15) is 0 Å². The number of nitrogens with zero attached hydrogens (tertiary/aromatic N) is 1. The molecule has 2 fully saturated rings. The van der Waals surface area contributed by atoms with Crippen LogP contribution in [0.15, 0.2) is 0 Å². The molecule has 2 aliphatic rings. The van der Waals surface area contributed by atoms with Crippen molar-refractivity contribution in [3.63, 3.8) is 0 Å². The molecule has 0 radical (unpaired) electrons. The topological polar surface area (TPSA) is 29.3 Å². The number of piperidine rings is 1. The van der Waals surface area contributed by atoms with Gasteiger partial charge in [0.25, 0.3) is 0 Å². The van der Waals surface area contributed by atoms with Crippen molar-refractivity contribution >= 4 is 0 Å². The van der Waals surface area contributed by atoms with Gasteiger partial charge in [-0.05, 0) is 62.4 Å². The van der Waals surface area contributed by atoms with E-state index < -0.39 is 0 Å². The fourth-order valence-corrected chi connectivity index (χ4v) is 4.28. The lowest BCUT2D eigenvalue weighted by atomic mass is 9.62. The molecule has 2 N–H and O–H groups in total. The van der Waals surface area contributed by atoms with Crippen molar-refractivity contribution in [3.8, 4) is 0 Å². The lowest BCUT2D eigenvalue weighted by Gasteiger charge is -2.55. The zero-order valence-corrected chi connectivity index (χ0v) is 12.8. The second-order valence-corrected chi connectivity index (χ2v) is 7.75. The molecule has 1 heterocycles. The molecule has 2 atom stereocenters. The molecular weight excluding hydrogens is 220 g/mol. The second kappa shape index (κ2) is 5.13. The lowest BCUT2D eigenvalue weighted by molar-refractivity contribution is -0.0375. The minimum Gasteiger partial charge on any atom is -0.329 e. The van der Waals surface area contributed by atoms with Gasteiger partial charge in [-0.3, -0.25) is 4.90 Å². The molecule has 0 spiro atoms. The lowest BCUT2D eigenvalue weighted by Crippen LogP contribution is -2.62. The van der Waals surface area contributed by atoms with Crippen molar-refractivity contribution < 1.29 is 0 Å². The Balaban J connectivity index is 2.11. The Hall–Kier alpha value is -0.0800. The van der Waals surface area contributed by atoms with E-state index >= 15 is 0 Å². The van der Waals surface area contributed by atoms with E-state index in [-0.39, 0.29) is 0 Å². The molecule has 2 nitrogen and oxygen atoms in total. The summed E-state index contributed by atoms with van der Waals surface area (Å²) in [5, 5.41) is 0. The first-order valence-electron chi connectivity index (χ1n) is 7.85. The van der Waals surface area contributed by atoms with Crippen molar-refractivity contribution in [1.29, 1.82) is 0 Å². The van der Waals surface area contributed by atoms with Gasteiger partial charge in [0.2, 0.25) is 0 Å². The standard InChI is InChI=1S/C16H32N2/c1-13-5-9-18(10-6-13)16(12-17)8-7-15(3,4)11-14(16)2/h13-14H,5-12,17H2,1-4H3. The molecule has 1 aliphatic heterocycles. The Morgan fingerprint density at radius 3 is 2.22 bits per heavy atom. The highest BCUT2D eigenvalue weighted by Gasteiger charge is 2.46. The summed E-state index contributed by atoms with van der Waals surface area (Å²) in [7, 11) is 0. The first-order chi connectivity index (χ1) is 8.39. The normalized spacial score (nSPS) is 38.8. The van der Waals surface area contributed by atoms with Crippen molar-refractivity contribution in [2.75, 3.05) is 19.6 Å². The van der Waals surface area contributed by atoms with E-state index in [0.717, 1.165) is 18.4 Å². The van der Waals surface area contributed by atoms with Crippen LogP contribution in [-0.4, -0.2) is 30.1 Å². The number of hydrogen-bond donors (Lipinski definition) is 1. The van der Waals surface area contributed by atoms with Crippen LogP contribution in [0.2, 0.25) is 0 Å². The highest BCUT2D eigenvalue weighted by Crippen LogP contribution is 2.47.